The van der Waals surface area contributed by atoms with Gasteiger partial charge in [0.15, 0.2) is 0 Å². The van der Waals surface area contributed by atoms with Crippen molar-refractivity contribution in [2.75, 3.05) is 0 Å². The normalized spacial score (nSPS) is 12.4. The Morgan fingerprint density at radius 2 is 1.54 bits per heavy atom. The Balaban J connectivity index is 1.57. The molecule has 130 valence electrons. The molecule has 0 fully saturated rings. The first kappa shape index (κ1) is 16.6. The molecule has 0 bridgehead atoms. The van der Waals surface area contributed by atoms with Crippen molar-refractivity contribution >= 4 is 11.0 Å². The Kier molecular flexibility index (Phi) is 4.31. The summed E-state index contributed by atoms with van der Waals surface area (Å²) in [5.41, 5.74) is 7.75. The number of aliphatic hydroxyl groups is 1. The van der Waals surface area contributed by atoms with Crippen LogP contribution in [0.2, 0.25) is 0 Å². The van der Waals surface area contributed by atoms with Gasteiger partial charge in [-0.2, -0.15) is 0 Å². The van der Waals surface area contributed by atoms with Gasteiger partial charge in [-0.15, -0.1) is 0 Å². The van der Waals surface area contributed by atoms with Gasteiger partial charge in [0, 0.05) is 0 Å². The smallest absolute Gasteiger partial charge is 0.0969 e. The second kappa shape index (κ2) is 6.77. The third kappa shape index (κ3) is 3.14. The van der Waals surface area contributed by atoms with Gasteiger partial charge in [-0.05, 0) is 53.8 Å². The van der Waals surface area contributed by atoms with Crippen LogP contribution in [0.25, 0.3) is 22.2 Å². The lowest BCUT2D eigenvalue weighted by Crippen LogP contribution is -2.08. The van der Waals surface area contributed by atoms with E-state index in [1.165, 1.54) is 16.7 Å². The predicted octanol–water partition coefficient (Wildman–Crippen LogP) is 5.05. The van der Waals surface area contributed by atoms with Crippen LogP contribution < -0.4 is 0 Å². The molecule has 1 aromatic heterocycles. The minimum absolute atomic E-state index is 0.490. The number of rotatable bonds is 4. The third-order valence-electron chi connectivity index (χ3n) is 5.01. The van der Waals surface area contributed by atoms with E-state index in [0.717, 1.165) is 22.2 Å². The highest BCUT2D eigenvalue weighted by Crippen LogP contribution is 2.24. The molecule has 0 saturated carbocycles. The standard InChI is InChI=1S/C23H22N2O/c1-16-12-21-22(13-17(16)2)25(15-24-21)14-23(26)20-10-8-19(9-11-20)18-6-4-3-5-7-18/h3-13,15,23,26H,14H2,1-2H3. The van der Waals surface area contributed by atoms with E-state index in [0.29, 0.717) is 6.54 Å². The topological polar surface area (TPSA) is 38.0 Å². The molecular formula is C23H22N2O. The number of aromatic nitrogens is 2. The van der Waals surface area contributed by atoms with Crippen LogP contribution >= 0.6 is 0 Å². The fourth-order valence-corrected chi connectivity index (χ4v) is 3.28. The van der Waals surface area contributed by atoms with E-state index in [-0.39, 0.29) is 0 Å². The van der Waals surface area contributed by atoms with Gasteiger partial charge in [0.25, 0.3) is 0 Å². The number of benzene rings is 3. The van der Waals surface area contributed by atoms with Crippen LogP contribution in [-0.4, -0.2) is 14.7 Å². The second-order valence-electron chi connectivity index (χ2n) is 6.83. The molecule has 0 radical (unpaired) electrons. The third-order valence-corrected chi connectivity index (χ3v) is 5.01. The van der Waals surface area contributed by atoms with Crippen LogP contribution in [0.1, 0.15) is 22.8 Å². The summed E-state index contributed by atoms with van der Waals surface area (Å²) in [5.74, 6) is 0. The molecule has 3 heteroatoms. The molecule has 0 aliphatic carbocycles. The average molecular weight is 342 g/mol. The average Bonchev–Trinajstić information content (AvgIpc) is 3.04. The van der Waals surface area contributed by atoms with Crippen LogP contribution in [0.4, 0.5) is 0 Å². The molecule has 1 heterocycles. The Labute approximate surface area is 153 Å². The summed E-state index contributed by atoms with van der Waals surface area (Å²) in [6.07, 6.45) is 1.24. The van der Waals surface area contributed by atoms with Crippen molar-refractivity contribution < 1.29 is 5.11 Å². The van der Waals surface area contributed by atoms with Gasteiger partial charge in [0.2, 0.25) is 0 Å². The van der Waals surface area contributed by atoms with Crippen molar-refractivity contribution in [2.45, 2.75) is 26.5 Å². The molecular weight excluding hydrogens is 320 g/mol. The molecule has 1 atom stereocenters. The number of fused-ring (bicyclic) bond motifs is 1. The van der Waals surface area contributed by atoms with Crippen LogP contribution in [0.3, 0.4) is 0 Å². The molecule has 0 amide bonds. The highest BCUT2D eigenvalue weighted by atomic mass is 16.3. The van der Waals surface area contributed by atoms with Crippen LogP contribution in [-0.2, 0) is 6.54 Å². The summed E-state index contributed by atoms with van der Waals surface area (Å²) in [6, 6.07) is 22.6. The summed E-state index contributed by atoms with van der Waals surface area (Å²) in [4.78, 5) is 4.47. The minimum Gasteiger partial charge on any atom is -0.387 e. The molecule has 26 heavy (non-hydrogen) atoms. The lowest BCUT2D eigenvalue weighted by molar-refractivity contribution is 0.158. The van der Waals surface area contributed by atoms with Gasteiger partial charge in [0.05, 0.1) is 30.0 Å². The summed E-state index contributed by atoms with van der Waals surface area (Å²) in [5, 5.41) is 10.7. The van der Waals surface area contributed by atoms with Crippen molar-refractivity contribution in [3.63, 3.8) is 0 Å². The summed E-state index contributed by atoms with van der Waals surface area (Å²) in [6.45, 7) is 4.69. The van der Waals surface area contributed by atoms with Crippen LogP contribution in [0.15, 0.2) is 73.1 Å². The second-order valence-corrected chi connectivity index (χ2v) is 6.83. The maximum Gasteiger partial charge on any atom is 0.0969 e. The van der Waals surface area contributed by atoms with Gasteiger partial charge >= 0.3 is 0 Å². The number of hydrogen-bond acceptors (Lipinski definition) is 2. The van der Waals surface area contributed by atoms with E-state index in [4.69, 9.17) is 0 Å². The summed E-state index contributed by atoms with van der Waals surface area (Å²) >= 11 is 0. The minimum atomic E-state index is -0.571. The Bertz CT molecular complexity index is 1030. The van der Waals surface area contributed by atoms with Gasteiger partial charge in [-0.1, -0.05) is 54.6 Å². The lowest BCUT2D eigenvalue weighted by Gasteiger charge is -2.14. The van der Waals surface area contributed by atoms with Gasteiger partial charge in [-0.25, -0.2) is 4.98 Å². The predicted molar refractivity (Wildman–Crippen MR) is 106 cm³/mol. The zero-order chi connectivity index (χ0) is 18.1. The molecule has 0 spiro atoms. The monoisotopic (exact) mass is 342 g/mol. The number of hydrogen-bond donors (Lipinski definition) is 1. The Morgan fingerprint density at radius 1 is 0.885 bits per heavy atom. The molecule has 1 unspecified atom stereocenters. The number of aliphatic hydroxyl groups excluding tert-OH is 1. The SMILES string of the molecule is Cc1cc2ncn(CC(O)c3ccc(-c4ccccc4)cc3)c2cc1C. The molecule has 1 N–H and O–H groups in total. The molecule has 4 rings (SSSR count). The van der Waals surface area contributed by atoms with Crippen molar-refractivity contribution in [2.24, 2.45) is 0 Å². The zero-order valence-corrected chi connectivity index (χ0v) is 15.1. The fourth-order valence-electron chi connectivity index (χ4n) is 3.28. The molecule has 0 aliphatic rings. The Morgan fingerprint density at radius 3 is 2.27 bits per heavy atom. The van der Waals surface area contributed by atoms with E-state index in [1.54, 1.807) is 0 Å². The molecule has 0 aliphatic heterocycles. The van der Waals surface area contributed by atoms with Gasteiger partial charge < -0.3 is 9.67 Å². The van der Waals surface area contributed by atoms with E-state index in [2.05, 4.69) is 55.2 Å². The van der Waals surface area contributed by atoms with Gasteiger partial charge in [0.1, 0.15) is 0 Å². The molecule has 4 aromatic rings. The molecule has 0 saturated heterocycles. The fraction of sp³-hybridized carbons (Fsp3) is 0.174. The quantitative estimate of drug-likeness (QED) is 0.563. The maximum absolute atomic E-state index is 10.7. The molecule has 3 aromatic carbocycles. The number of imidazole rings is 1. The number of aryl methyl sites for hydroxylation is 2. The van der Waals surface area contributed by atoms with Crippen LogP contribution in [0.5, 0.6) is 0 Å². The van der Waals surface area contributed by atoms with Crippen LogP contribution in [0, 0.1) is 13.8 Å². The highest BCUT2D eigenvalue weighted by Gasteiger charge is 2.12. The van der Waals surface area contributed by atoms with E-state index < -0.39 is 6.10 Å². The zero-order valence-electron chi connectivity index (χ0n) is 15.1. The maximum atomic E-state index is 10.7. The first-order valence-electron chi connectivity index (χ1n) is 8.87. The Hall–Kier alpha value is -2.91. The van der Waals surface area contributed by atoms with Gasteiger partial charge in [-0.3, -0.25) is 0 Å². The van der Waals surface area contributed by atoms with E-state index >= 15 is 0 Å². The first-order valence-corrected chi connectivity index (χ1v) is 8.87. The van der Waals surface area contributed by atoms with Crippen molar-refractivity contribution in [1.82, 2.24) is 9.55 Å². The van der Waals surface area contributed by atoms with Crippen molar-refractivity contribution in [1.29, 1.82) is 0 Å². The molecule has 3 nitrogen and oxygen atoms in total. The largest absolute Gasteiger partial charge is 0.387 e. The first-order chi connectivity index (χ1) is 12.6. The van der Waals surface area contributed by atoms with E-state index in [1.807, 2.05) is 41.2 Å². The summed E-state index contributed by atoms with van der Waals surface area (Å²) in [7, 11) is 0. The van der Waals surface area contributed by atoms with Crippen molar-refractivity contribution in [3.8, 4) is 11.1 Å². The lowest BCUT2D eigenvalue weighted by atomic mass is 10.0. The highest BCUT2D eigenvalue weighted by molar-refractivity contribution is 5.77. The summed E-state index contributed by atoms with van der Waals surface area (Å²) < 4.78 is 2.03. The van der Waals surface area contributed by atoms with Crippen molar-refractivity contribution in [3.05, 3.63) is 89.7 Å². The number of nitrogens with zero attached hydrogens (tertiary/aromatic N) is 2. The van der Waals surface area contributed by atoms with E-state index in [9.17, 15) is 5.11 Å².